The highest BCUT2D eigenvalue weighted by Crippen LogP contribution is 2.24. The summed E-state index contributed by atoms with van der Waals surface area (Å²) in [5.41, 5.74) is 7.78. The monoisotopic (exact) mass is 317 g/mol. The first-order valence-corrected chi connectivity index (χ1v) is 9.31. The minimum atomic E-state index is -0.189. The van der Waals surface area contributed by atoms with E-state index in [9.17, 15) is 9.90 Å². The zero-order chi connectivity index (χ0) is 16.5. The number of amides is 1. The largest absolute Gasteiger partial charge is 0.393 e. The van der Waals surface area contributed by atoms with Crippen LogP contribution >= 0.6 is 0 Å². The Morgan fingerprint density at radius 1 is 1.22 bits per heavy atom. The van der Waals surface area contributed by atoms with Crippen molar-refractivity contribution in [2.75, 3.05) is 6.54 Å². The molecule has 0 saturated heterocycles. The summed E-state index contributed by atoms with van der Waals surface area (Å²) >= 11 is 0. The minimum absolute atomic E-state index is 0.123. The van der Waals surface area contributed by atoms with Gasteiger partial charge in [0.05, 0.1) is 6.10 Å². The van der Waals surface area contributed by atoms with Crippen molar-refractivity contribution in [2.45, 2.75) is 77.2 Å². The highest BCUT2D eigenvalue weighted by atomic mass is 16.3. The number of carbonyl (C=O) groups is 1. The molecule has 3 nitrogen and oxygen atoms in total. The van der Waals surface area contributed by atoms with Gasteiger partial charge in [0.15, 0.2) is 0 Å². The van der Waals surface area contributed by atoms with Crippen LogP contribution < -0.4 is 5.32 Å². The molecule has 2 aliphatic carbocycles. The van der Waals surface area contributed by atoms with Crippen LogP contribution in [-0.2, 0) is 4.79 Å². The fraction of sp³-hybridized carbons (Fsp3) is 0.750. The van der Waals surface area contributed by atoms with Gasteiger partial charge in [0.2, 0.25) is 5.91 Å². The van der Waals surface area contributed by atoms with Crippen LogP contribution in [0.5, 0.6) is 0 Å². The first-order chi connectivity index (χ1) is 11.2. The van der Waals surface area contributed by atoms with Crippen LogP contribution in [-0.4, -0.2) is 23.7 Å². The molecule has 2 N–H and O–H groups in total. The van der Waals surface area contributed by atoms with Gasteiger partial charge in [0.1, 0.15) is 0 Å². The second-order valence-corrected chi connectivity index (χ2v) is 7.10. The molecule has 0 heterocycles. The zero-order valence-electron chi connectivity index (χ0n) is 14.4. The molecule has 0 radical (unpaired) electrons. The van der Waals surface area contributed by atoms with Crippen LogP contribution in [0.3, 0.4) is 0 Å². The summed E-state index contributed by atoms with van der Waals surface area (Å²) in [5, 5.41) is 12.5. The van der Waals surface area contributed by atoms with E-state index in [-0.39, 0.29) is 17.9 Å². The summed E-state index contributed by atoms with van der Waals surface area (Å²) < 4.78 is 0. The molecule has 2 aliphatic rings. The average molecular weight is 317 g/mol. The van der Waals surface area contributed by atoms with Gasteiger partial charge in [-0.1, -0.05) is 31.2 Å². The molecule has 1 unspecified atom stereocenters. The molecule has 1 saturated carbocycles. The van der Waals surface area contributed by atoms with Gasteiger partial charge in [0, 0.05) is 12.5 Å². The summed E-state index contributed by atoms with van der Waals surface area (Å²) in [4.78, 5) is 12.0. The number of aliphatic hydroxyl groups is 1. The molecule has 3 heteroatoms. The van der Waals surface area contributed by atoms with Crippen molar-refractivity contribution >= 4 is 5.91 Å². The lowest BCUT2D eigenvalue weighted by molar-refractivity contribution is -0.126. The molecular formula is C20H31NO2. The number of unbranched alkanes of at least 4 members (excludes halogenated alkanes) is 3. The Labute approximate surface area is 140 Å². The number of allylic oxidation sites excluding steroid dienone is 2. The maximum Gasteiger partial charge on any atom is 0.223 e. The third-order valence-electron chi connectivity index (χ3n) is 5.14. The molecule has 0 bridgehead atoms. The predicted octanol–water partition coefficient (Wildman–Crippen LogP) is 3.88. The predicted molar refractivity (Wildman–Crippen MR) is 92.9 cm³/mol. The van der Waals surface area contributed by atoms with E-state index in [2.05, 4.69) is 29.8 Å². The van der Waals surface area contributed by atoms with Gasteiger partial charge in [-0.2, -0.15) is 0 Å². The molecule has 2 rings (SSSR count). The molecule has 1 fully saturated rings. The van der Waals surface area contributed by atoms with Crippen molar-refractivity contribution in [2.24, 2.45) is 11.8 Å². The van der Waals surface area contributed by atoms with E-state index in [4.69, 9.17) is 0 Å². The summed E-state index contributed by atoms with van der Waals surface area (Å²) in [5.74, 6) is 0.942. The molecule has 1 atom stereocenters. The number of hydrogen-bond acceptors (Lipinski definition) is 2. The summed E-state index contributed by atoms with van der Waals surface area (Å²) in [6, 6.07) is 0. The van der Waals surface area contributed by atoms with E-state index < -0.39 is 0 Å². The van der Waals surface area contributed by atoms with Gasteiger partial charge >= 0.3 is 0 Å². The van der Waals surface area contributed by atoms with E-state index in [0.29, 0.717) is 5.92 Å². The molecule has 0 aliphatic heterocycles. The SMILES string of the molecule is CC1CC=C=C=C1CCCCCCNC(=O)C1CCC(O)CC1. The third kappa shape index (κ3) is 6.39. The second-order valence-electron chi connectivity index (χ2n) is 7.10. The molecule has 0 aromatic rings. The summed E-state index contributed by atoms with van der Waals surface area (Å²) in [6.07, 6.45) is 12.0. The average Bonchev–Trinajstić information content (AvgIpc) is 2.56. The molecule has 128 valence electrons. The molecule has 0 aromatic carbocycles. The van der Waals surface area contributed by atoms with Crippen LogP contribution in [0.15, 0.2) is 23.1 Å². The summed E-state index contributed by atoms with van der Waals surface area (Å²) in [6.45, 7) is 3.05. The Bertz CT molecular complexity index is 476. The molecule has 1 amide bonds. The Kier molecular flexibility index (Phi) is 7.68. The molecule has 23 heavy (non-hydrogen) atoms. The number of carbonyl (C=O) groups excluding carboxylic acids is 1. The number of hydrogen-bond donors (Lipinski definition) is 2. The molecule has 0 aromatic heterocycles. The van der Waals surface area contributed by atoms with Gasteiger partial charge < -0.3 is 10.4 Å². The van der Waals surface area contributed by atoms with Crippen LogP contribution in [0.4, 0.5) is 0 Å². The maximum atomic E-state index is 12.0. The van der Waals surface area contributed by atoms with E-state index in [1.807, 2.05) is 0 Å². The highest BCUT2D eigenvalue weighted by Gasteiger charge is 2.24. The summed E-state index contributed by atoms with van der Waals surface area (Å²) in [7, 11) is 0. The van der Waals surface area contributed by atoms with Gasteiger partial charge in [-0.15, -0.1) is 0 Å². The number of rotatable bonds is 8. The third-order valence-corrected chi connectivity index (χ3v) is 5.14. The van der Waals surface area contributed by atoms with Crippen LogP contribution in [0.1, 0.15) is 71.1 Å². The van der Waals surface area contributed by atoms with E-state index in [0.717, 1.165) is 51.5 Å². The molecular weight excluding hydrogens is 286 g/mol. The van der Waals surface area contributed by atoms with E-state index >= 15 is 0 Å². The van der Waals surface area contributed by atoms with Gasteiger partial charge in [-0.25, -0.2) is 0 Å². The lowest BCUT2D eigenvalue weighted by Crippen LogP contribution is -2.34. The topological polar surface area (TPSA) is 49.3 Å². The fourth-order valence-corrected chi connectivity index (χ4v) is 3.44. The van der Waals surface area contributed by atoms with Crippen molar-refractivity contribution < 1.29 is 9.90 Å². The van der Waals surface area contributed by atoms with Crippen molar-refractivity contribution in [3.63, 3.8) is 0 Å². The van der Waals surface area contributed by atoms with Crippen molar-refractivity contribution in [3.05, 3.63) is 23.1 Å². The van der Waals surface area contributed by atoms with E-state index in [1.54, 1.807) is 0 Å². The van der Waals surface area contributed by atoms with Crippen molar-refractivity contribution in [1.29, 1.82) is 0 Å². The minimum Gasteiger partial charge on any atom is -0.393 e. The zero-order valence-corrected chi connectivity index (χ0v) is 14.4. The smallest absolute Gasteiger partial charge is 0.223 e. The Morgan fingerprint density at radius 3 is 2.70 bits per heavy atom. The van der Waals surface area contributed by atoms with Crippen LogP contribution in [0, 0.1) is 11.8 Å². The Hall–Kier alpha value is -1.27. The lowest BCUT2D eigenvalue weighted by atomic mass is 9.87. The van der Waals surface area contributed by atoms with Gasteiger partial charge in [-0.05, 0) is 68.9 Å². The van der Waals surface area contributed by atoms with Gasteiger partial charge in [-0.3, -0.25) is 4.79 Å². The maximum absolute atomic E-state index is 12.0. The Morgan fingerprint density at radius 2 is 1.96 bits per heavy atom. The molecule has 0 spiro atoms. The first kappa shape index (κ1) is 18.1. The van der Waals surface area contributed by atoms with Crippen molar-refractivity contribution in [1.82, 2.24) is 5.32 Å². The van der Waals surface area contributed by atoms with Crippen molar-refractivity contribution in [3.8, 4) is 0 Å². The quantitative estimate of drug-likeness (QED) is 0.527. The second kappa shape index (κ2) is 9.78. The van der Waals surface area contributed by atoms with E-state index in [1.165, 1.54) is 24.8 Å². The number of aliphatic hydroxyl groups excluding tert-OH is 1. The number of nitrogens with one attached hydrogen (secondary N) is 1. The Balaban J connectivity index is 1.49. The fourth-order valence-electron chi connectivity index (χ4n) is 3.44. The first-order valence-electron chi connectivity index (χ1n) is 9.31. The van der Waals surface area contributed by atoms with Crippen LogP contribution in [0.2, 0.25) is 0 Å². The highest BCUT2D eigenvalue weighted by molar-refractivity contribution is 5.78. The standard InChI is InChI=1S/C20H31NO2/c1-16-8-5-6-10-17(16)9-4-2-3-7-15-21-20(23)18-11-13-19(22)14-12-18/h5,16,18-19,22H,2-4,7-9,11-15H2,1H3,(H,21,23). The lowest BCUT2D eigenvalue weighted by Gasteiger charge is -2.24. The normalized spacial score (nSPS) is 26.9. The van der Waals surface area contributed by atoms with Gasteiger partial charge in [0.25, 0.3) is 0 Å². The van der Waals surface area contributed by atoms with Crippen LogP contribution in [0.25, 0.3) is 0 Å².